The van der Waals surface area contributed by atoms with Crippen LogP contribution in [-0.2, 0) is 23.1 Å². The van der Waals surface area contributed by atoms with Gasteiger partial charge in [0, 0.05) is 50.0 Å². The van der Waals surface area contributed by atoms with Gasteiger partial charge in [-0.15, -0.1) is 0 Å². The Bertz CT molecular complexity index is 1170. The van der Waals surface area contributed by atoms with E-state index in [1.54, 1.807) is 0 Å². The second-order valence-electron chi connectivity index (χ2n) is 12.3. The maximum absolute atomic E-state index is 13.0. The molecule has 1 aliphatic heterocycles. The fraction of sp³-hybridized carbons (Fsp3) is 0.636. The van der Waals surface area contributed by atoms with Crippen molar-refractivity contribution in [3.05, 3.63) is 40.0 Å². The molecule has 1 aromatic heterocycles. The number of hydrogen-bond donors (Lipinski definition) is 0. The molecule has 0 saturated carbocycles. The molecule has 0 radical (unpaired) electrons. The fourth-order valence-electron chi connectivity index (χ4n) is 5.47. The average Bonchev–Trinajstić information content (AvgIpc) is 3.15. The molecule has 0 bridgehead atoms. The molecule has 6 heteroatoms. The van der Waals surface area contributed by atoms with Crippen molar-refractivity contribution >= 4 is 44.6 Å². The van der Waals surface area contributed by atoms with E-state index >= 15 is 0 Å². The number of aromatic nitrogens is 1. The Labute approximate surface area is 246 Å². The molecule has 1 aromatic carbocycles. The first-order chi connectivity index (χ1) is 18.3. The molecule has 0 saturated heterocycles. The van der Waals surface area contributed by atoms with Gasteiger partial charge in [-0.05, 0) is 83.3 Å². The van der Waals surface area contributed by atoms with E-state index in [1.807, 2.05) is 18.7 Å². The van der Waals surface area contributed by atoms with Gasteiger partial charge in [0.15, 0.2) is 0 Å². The van der Waals surface area contributed by atoms with Crippen LogP contribution in [0.2, 0.25) is 0 Å². The van der Waals surface area contributed by atoms with Crippen LogP contribution in [0.1, 0.15) is 86.3 Å². The fourth-order valence-corrected chi connectivity index (χ4v) is 6.02. The molecular formula is C33H52BrN3O2. The van der Waals surface area contributed by atoms with Crippen molar-refractivity contribution in [2.75, 3.05) is 26.7 Å². The topological polar surface area (TPSA) is 45.6 Å². The quantitative estimate of drug-likeness (QED) is 0.318. The number of fused-ring (bicyclic) bond motifs is 2. The van der Waals surface area contributed by atoms with E-state index < -0.39 is 0 Å². The normalized spacial score (nSPS) is 18.7. The molecule has 2 aliphatic rings. The van der Waals surface area contributed by atoms with Gasteiger partial charge in [-0.25, -0.2) is 0 Å². The third-order valence-corrected chi connectivity index (χ3v) is 10.0. The minimum absolute atomic E-state index is 0.0601. The van der Waals surface area contributed by atoms with Crippen LogP contribution in [0.25, 0.3) is 16.5 Å². The Hall–Kier alpha value is -1.92. The number of aldehydes is 1. The van der Waals surface area contributed by atoms with Crippen molar-refractivity contribution in [2.45, 2.75) is 87.6 Å². The Kier molecular flexibility index (Phi) is 11.6. The third-order valence-electron chi connectivity index (χ3n) is 9.02. The van der Waals surface area contributed by atoms with Gasteiger partial charge < -0.3 is 14.3 Å². The molecule has 4 rings (SSSR count). The number of aryl methyl sites for hydroxylation is 1. The molecule has 0 fully saturated rings. The van der Waals surface area contributed by atoms with Crippen LogP contribution in [0, 0.1) is 16.7 Å². The number of nitrogens with zero attached hydrogens (tertiary/aromatic N) is 3. The second kappa shape index (κ2) is 13.6. The number of halogens is 1. The Balaban J connectivity index is 0.000000349. The maximum atomic E-state index is 13.0. The predicted molar refractivity (Wildman–Crippen MR) is 170 cm³/mol. The number of carbonyl (C=O) groups excluding carboxylic acids is 2. The maximum Gasteiger partial charge on any atom is 0.230 e. The minimum atomic E-state index is -0.0601. The molecule has 2 atom stereocenters. The number of hydrogen-bond acceptors (Lipinski definition) is 3. The van der Waals surface area contributed by atoms with Crippen LogP contribution in [0.5, 0.6) is 0 Å². The number of rotatable bonds is 6. The molecule has 2 heterocycles. The molecule has 1 amide bonds. The van der Waals surface area contributed by atoms with E-state index in [0.29, 0.717) is 12.5 Å². The minimum Gasteiger partial charge on any atom is -0.343 e. The average molecular weight is 603 g/mol. The van der Waals surface area contributed by atoms with Crippen molar-refractivity contribution in [1.29, 1.82) is 0 Å². The molecule has 0 N–H and O–H groups in total. The molecule has 5 nitrogen and oxygen atoms in total. The van der Waals surface area contributed by atoms with Gasteiger partial charge in [0.2, 0.25) is 5.91 Å². The van der Waals surface area contributed by atoms with Gasteiger partial charge >= 0.3 is 0 Å². The van der Waals surface area contributed by atoms with E-state index in [1.165, 1.54) is 32.2 Å². The summed E-state index contributed by atoms with van der Waals surface area (Å²) in [6.07, 6.45) is 5.92. The number of likely N-dealkylation sites (N-methyl/N-ethyl adjacent to an activating group) is 1. The first-order valence-corrected chi connectivity index (χ1v) is 15.5. The highest BCUT2D eigenvalue weighted by Crippen LogP contribution is 2.44. The van der Waals surface area contributed by atoms with E-state index in [4.69, 9.17) is 0 Å². The summed E-state index contributed by atoms with van der Waals surface area (Å²) in [7, 11) is 4.27. The van der Waals surface area contributed by atoms with Gasteiger partial charge in [-0.2, -0.15) is 0 Å². The Morgan fingerprint density at radius 1 is 1.10 bits per heavy atom. The lowest BCUT2D eigenvalue weighted by atomic mass is 9.67. The summed E-state index contributed by atoms with van der Waals surface area (Å²) < 4.78 is 3.40. The van der Waals surface area contributed by atoms with Gasteiger partial charge in [0.1, 0.15) is 6.29 Å². The highest BCUT2D eigenvalue weighted by Gasteiger charge is 2.37. The van der Waals surface area contributed by atoms with Crippen molar-refractivity contribution in [1.82, 2.24) is 14.4 Å². The van der Waals surface area contributed by atoms with Gasteiger partial charge in [0.25, 0.3) is 0 Å². The molecule has 2 aromatic rings. The number of benzene rings is 1. The Morgan fingerprint density at radius 3 is 2.26 bits per heavy atom. The lowest BCUT2D eigenvalue weighted by molar-refractivity contribution is -0.134. The highest BCUT2D eigenvalue weighted by atomic mass is 79.9. The molecule has 1 aliphatic carbocycles. The van der Waals surface area contributed by atoms with Crippen LogP contribution in [0.3, 0.4) is 0 Å². The van der Waals surface area contributed by atoms with Crippen molar-refractivity contribution < 1.29 is 9.59 Å². The van der Waals surface area contributed by atoms with Gasteiger partial charge in [-0.3, -0.25) is 9.69 Å². The van der Waals surface area contributed by atoms with E-state index in [9.17, 15) is 9.59 Å². The highest BCUT2D eigenvalue weighted by molar-refractivity contribution is 9.10. The Morgan fingerprint density at radius 2 is 1.72 bits per heavy atom. The molecule has 2 unspecified atom stereocenters. The summed E-state index contributed by atoms with van der Waals surface area (Å²) in [6.45, 7) is 21.5. The van der Waals surface area contributed by atoms with E-state index in [-0.39, 0.29) is 22.7 Å². The molecule has 218 valence electrons. The standard InChI is InChI=1S/C21H26BrN3O.C10H20O.C2H6/c1-5-25(6-2)21(26)13-10-15-14-8-7-9-17-19(14)16(20(22)24(17)4)11-18(15)23(3)12-13;1-9(2,3)10(4,5)7-6-8-11;1-2/h7-10,13,18H,5-6,11-12H2,1-4H3;8H,6-7H2,1-5H3;1-2H3. The first kappa shape index (κ1) is 33.3. The lowest BCUT2D eigenvalue weighted by Gasteiger charge is -2.40. The summed E-state index contributed by atoms with van der Waals surface area (Å²) in [4.78, 5) is 27.5. The SMILES string of the molecule is CC.CC(C)(C)C(C)(C)CCC=O.CCN(CC)C(=O)C1C=C2c3cccc4c3c(c(Br)n4C)CC2N(C)C1. The van der Waals surface area contributed by atoms with Crippen LogP contribution in [0.4, 0.5) is 0 Å². The van der Waals surface area contributed by atoms with Crippen LogP contribution in [0.15, 0.2) is 28.9 Å². The van der Waals surface area contributed by atoms with Gasteiger partial charge in [0.05, 0.1) is 10.5 Å². The smallest absolute Gasteiger partial charge is 0.230 e. The summed E-state index contributed by atoms with van der Waals surface area (Å²) >= 11 is 3.80. The van der Waals surface area contributed by atoms with E-state index in [0.717, 1.165) is 38.8 Å². The molecule has 39 heavy (non-hydrogen) atoms. The van der Waals surface area contributed by atoms with Crippen molar-refractivity contribution in [3.63, 3.8) is 0 Å². The van der Waals surface area contributed by atoms with Crippen LogP contribution >= 0.6 is 15.9 Å². The lowest BCUT2D eigenvalue weighted by Crippen LogP contribution is -2.47. The van der Waals surface area contributed by atoms with Crippen LogP contribution < -0.4 is 0 Å². The summed E-state index contributed by atoms with van der Waals surface area (Å²) in [5.74, 6) is 0.190. The largest absolute Gasteiger partial charge is 0.343 e. The first-order valence-electron chi connectivity index (χ1n) is 14.7. The van der Waals surface area contributed by atoms with Crippen molar-refractivity contribution in [3.8, 4) is 0 Å². The second-order valence-corrected chi connectivity index (χ2v) is 13.0. The zero-order chi connectivity index (χ0) is 29.7. The summed E-state index contributed by atoms with van der Waals surface area (Å²) in [6, 6.07) is 6.87. The molecule has 0 spiro atoms. The summed E-state index contributed by atoms with van der Waals surface area (Å²) in [5, 5.41) is 1.34. The zero-order valence-corrected chi connectivity index (χ0v) is 27.9. The monoisotopic (exact) mass is 601 g/mol. The van der Waals surface area contributed by atoms with E-state index in [2.05, 4.69) is 112 Å². The zero-order valence-electron chi connectivity index (χ0n) is 26.3. The molecular weight excluding hydrogens is 550 g/mol. The third kappa shape index (κ3) is 6.87. The van der Waals surface area contributed by atoms with Crippen molar-refractivity contribution in [2.24, 2.45) is 23.8 Å². The number of carbonyl (C=O) groups is 2. The predicted octanol–water partition coefficient (Wildman–Crippen LogP) is 7.74. The van der Waals surface area contributed by atoms with Crippen LogP contribution in [-0.4, -0.2) is 59.3 Å². The number of amides is 1. The summed E-state index contributed by atoms with van der Waals surface area (Å²) in [5.41, 5.74) is 5.80. The van der Waals surface area contributed by atoms with Gasteiger partial charge in [-0.1, -0.05) is 66.7 Å².